The third-order valence-electron chi connectivity index (χ3n) is 2.33. The molecule has 0 heterocycles. The summed E-state index contributed by atoms with van der Waals surface area (Å²) in [6, 6.07) is 0. The van der Waals surface area contributed by atoms with Gasteiger partial charge in [-0.1, -0.05) is 13.8 Å². The van der Waals surface area contributed by atoms with Crippen molar-refractivity contribution in [1.29, 1.82) is 0 Å². The largest absolute Gasteiger partial charge is 0.390 e. The summed E-state index contributed by atoms with van der Waals surface area (Å²) in [7, 11) is 0. The average molecular weight is 242 g/mol. The third-order valence-corrected chi connectivity index (χ3v) is 2.33. The Labute approximate surface area is 94.6 Å². The van der Waals surface area contributed by atoms with Crippen molar-refractivity contribution >= 4 is 0 Å². The summed E-state index contributed by atoms with van der Waals surface area (Å²) in [5.74, 6) is 0. The molecule has 6 heteroatoms. The molecule has 0 aliphatic heterocycles. The first kappa shape index (κ1) is 15.7. The van der Waals surface area contributed by atoms with Crippen LogP contribution >= 0.6 is 0 Å². The Hall–Kier alpha value is -0.330. The summed E-state index contributed by atoms with van der Waals surface area (Å²) >= 11 is 0. The quantitative estimate of drug-likeness (QED) is 0.628. The molecule has 0 fully saturated rings. The van der Waals surface area contributed by atoms with E-state index in [2.05, 4.69) is 5.32 Å². The molecule has 1 atom stereocenters. The van der Waals surface area contributed by atoms with Gasteiger partial charge in [-0.05, 0) is 13.1 Å². The van der Waals surface area contributed by atoms with Crippen LogP contribution < -0.4 is 5.32 Å². The predicted octanol–water partition coefficient (Wildman–Crippen LogP) is 1.23. The van der Waals surface area contributed by atoms with Gasteiger partial charge >= 0.3 is 6.18 Å². The van der Waals surface area contributed by atoms with Crippen molar-refractivity contribution in [3.05, 3.63) is 0 Å². The van der Waals surface area contributed by atoms with E-state index >= 15 is 0 Å². The molecule has 0 spiro atoms. The van der Waals surface area contributed by atoms with Crippen LogP contribution in [0.15, 0.2) is 0 Å². The van der Waals surface area contributed by atoms with E-state index in [4.69, 9.17) is 0 Å². The van der Waals surface area contributed by atoms with E-state index in [0.29, 0.717) is 6.54 Å². The van der Waals surface area contributed by atoms with Crippen LogP contribution in [0, 0.1) is 0 Å². The predicted molar refractivity (Wildman–Crippen MR) is 57.3 cm³/mol. The second-order valence-electron chi connectivity index (χ2n) is 3.71. The molecule has 0 saturated carbocycles. The van der Waals surface area contributed by atoms with Gasteiger partial charge in [0.15, 0.2) is 0 Å². The second-order valence-corrected chi connectivity index (χ2v) is 3.71. The number of nitrogens with zero attached hydrogens (tertiary/aromatic N) is 1. The Morgan fingerprint density at radius 1 is 1.25 bits per heavy atom. The Morgan fingerprint density at radius 2 is 1.81 bits per heavy atom. The summed E-state index contributed by atoms with van der Waals surface area (Å²) < 4.78 is 35.4. The molecule has 98 valence electrons. The number of hydrogen-bond acceptors (Lipinski definition) is 3. The van der Waals surface area contributed by atoms with Crippen LogP contribution in [-0.4, -0.2) is 55.0 Å². The molecule has 0 rings (SSSR count). The lowest BCUT2D eigenvalue weighted by atomic mass is 10.3. The minimum absolute atomic E-state index is 0.140. The van der Waals surface area contributed by atoms with E-state index in [1.165, 1.54) is 0 Å². The van der Waals surface area contributed by atoms with Gasteiger partial charge in [0.1, 0.15) is 0 Å². The number of halogens is 3. The lowest BCUT2D eigenvalue weighted by Gasteiger charge is -2.22. The Balaban J connectivity index is 3.54. The fourth-order valence-electron chi connectivity index (χ4n) is 1.34. The SMILES string of the molecule is CCN(CC)CC(O)CNCCC(F)(F)F. The molecule has 16 heavy (non-hydrogen) atoms. The number of rotatable bonds is 8. The fourth-order valence-corrected chi connectivity index (χ4v) is 1.34. The molecule has 1 unspecified atom stereocenters. The highest BCUT2D eigenvalue weighted by atomic mass is 19.4. The van der Waals surface area contributed by atoms with Gasteiger partial charge in [-0.15, -0.1) is 0 Å². The lowest BCUT2D eigenvalue weighted by Crippen LogP contribution is -2.39. The van der Waals surface area contributed by atoms with Crippen molar-refractivity contribution in [2.24, 2.45) is 0 Å². The van der Waals surface area contributed by atoms with Crippen molar-refractivity contribution in [2.75, 3.05) is 32.7 Å². The molecule has 0 aromatic rings. The molecule has 0 radical (unpaired) electrons. The summed E-state index contributed by atoms with van der Waals surface area (Å²) in [6.07, 6.45) is -5.60. The summed E-state index contributed by atoms with van der Waals surface area (Å²) in [5, 5.41) is 12.1. The highest BCUT2D eigenvalue weighted by Crippen LogP contribution is 2.17. The van der Waals surface area contributed by atoms with Crippen molar-refractivity contribution in [1.82, 2.24) is 10.2 Å². The molecule has 0 amide bonds. The van der Waals surface area contributed by atoms with E-state index < -0.39 is 18.7 Å². The minimum atomic E-state index is -4.13. The second kappa shape index (κ2) is 7.86. The van der Waals surface area contributed by atoms with Gasteiger partial charge in [0, 0.05) is 19.6 Å². The van der Waals surface area contributed by atoms with Gasteiger partial charge in [0.05, 0.1) is 12.5 Å². The van der Waals surface area contributed by atoms with Gasteiger partial charge in [0.25, 0.3) is 0 Å². The molecule has 0 saturated heterocycles. The van der Waals surface area contributed by atoms with Gasteiger partial charge in [-0.25, -0.2) is 0 Å². The maximum absolute atomic E-state index is 11.8. The molecule has 0 aromatic heterocycles. The normalized spacial score (nSPS) is 14.4. The molecule has 2 N–H and O–H groups in total. The molecule has 0 aliphatic carbocycles. The van der Waals surface area contributed by atoms with Crippen molar-refractivity contribution in [3.63, 3.8) is 0 Å². The number of likely N-dealkylation sites (N-methyl/N-ethyl adjacent to an activating group) is 1. The van der Waals surface area contributed by atoms with Crippen molar-refractivity contribution < 1.29 is 18.3 Å². The molecule has 0 bridgehead atoms. The van der Waals surface area contributed by atoms with Crippen LogP contribution in [0.2, 0.25) is 0 Å². The topological polar surface area (TPSA) is 35.5 Å². The van der Waals surface area contributed by atoms with Crippen LogP contribution in [0.3, 0.4) is 0 Å². The van der Waals surface area contributed by atoms with Gasteiger partial charge in [-0.3, -0.25) is 0 Å². The standard InChI is InChI=1S/C10H21F3N2O/c1-3-15(4-2)8-9(16)7-14-6-5-10(11,12)13/h9,14,16H,3-8H2,1-2H3. The van der Waals surface area contributed by atoms with Crippen molar-refractivity contribution in [3.8, 4) is 0 Å². The average Bonchev–Trinajstić information content (AvgIpc) is 2.19. The van der Waals surface area contributed by atoms with E-state index in [-0.39, 0.29) is 13.1 Å². The Bertz CT molecular complexity index is 172. The first-order chi connectivity index (χ1) is 7.39. The lowest BCUT2D eigenvalue weighted by molar-refractivity contribution is -0.133. The molecular formula is C10H21F3N2O. The van der Waals surface area contributed by atoms with Crippen LogP contribution in [0.4, 0.5) is 13.2 Å². The van der Waals surface area contributed by atoms with Crippen LogP contribution in [0.1, 0.15) is 20.3 Å². The highest BCUT2D eigenvalue weighted by molar-refractivity contribution is 4.65. The summed E-state index contributed by atoms with van der Waals surface area (Å²) in [6.45, 7) is 6.17. The number of hydrogen-bond donors (Lipinski definition) is 2. The smallest absolute Gasteiger partial charge is 0.390 e. The monoisotopic (exact) mass is 242 g/mol. The van der Waals surface area contributed by atoms with Crippen LogP contribution in [0.25, 0.3) is 0 Å². The zero-order chi connectivity index (χ0) is 12.6. The third kappa shape index (κ3) is 8.94. The fraction of sp³-hybridized carbons (Fsp3) is 1.00. The number of alkyl halides is 3. The Morgan fingerprint density at radius 3 is 2.25 bits per heavy atom. The maximum atomic E-state index is 11.8. The summed E-state index contributed by atoms with van der Waals surface area (Å²) in [4.78, 5) is 2.02. The molecular weight excluding hydrogens is 221 g/mol. The molecule has 3 nitrogen and oxygen atoms in total. The Kier molecular flexibility index (Phi) is 7.70. The number of aliphatic hydroxyl groups is 1. The van der Waals surface area contributed by atoms with Gasteiger partial charge in [-0.2, -0.15) is 13.2 Å². The zero-order valence-electron chi connectivity index (χ0n) is 9.85. The maximum Gasteiger partial charge on any atom is 0.390 e. The van der Waals surface area contributed by atoms with E-state index in [1.54, 1.807) is 0 Å². The number of nitrogens with one attached hydrogen (secondary N) is 1. The summed E-state index contributed by atoms with van der Waals surface area (Å²) in [5.41, 5.74) is 0. The highest BCUT2D eigenvalue weighted by Gasteiger charge is 2.26. The minimum Gasteiger partial charge on any atom is -0.390 e. The van der Waals surface area contributed by atoms with Crippen LogP contribution in [-0.2, 0) is 0 Å². The molecule has 0 aliphatic rings. The van der Waals surface area contributed by atoms with Gasteiger partial charge in [0.2, 0.25) is 0 Å². The van der Waals surface area contributed by atoms with E-state index in [0.717, 1.165) is 13.1 Å². The van der Waals surface area contributed by atoms with Crippen molar-refractivity contribution in [2.45, 2.75) is 32.5 Å². The first-order valence-corrected chi connectivity index (χ1v) is 5.57. The van der Waals surface area contributed by atoms with E-state index in [1.807, 2.05) is 18.7 Å². The first-order valence-electron chi connectivity index (χ1n) is 5.57. The molecule has 0 aromatic carbocycles. The zero-order valence-corrected chi connectivity index (χ0v) is 9.85. The van der Waals surface area contributed by atoms with Gasteiger partial charge < -0.3 is 15.3 Å². The van der Waals surface area contributed by atoms with E-state index in [9.17, 15) is 18.3 Å². The number of aliphatic hydroxyl groups excluding tert-OH is 1. The van der Waals surface area contributed by atoms with Crippen LogP contribution in [0.5, 0.6) is 0 Å².